The molecule has 0 aromatic rings. The van der Waals surface area contributed by atoms with Crippen molar-refractivity contribution in [3.8, 4) is 0 Å². The van der Waals surface area contributed by atoms with Crippen LogP contribution in [-0.4, -0.2) is 73.7 Å². The van der Waals surface area contributed by atoms with Crippen LogP contribution in [0.1, 0.15) is 103 Å². The molecule has 0 aliphatic rings. The Morgan fingerprint density at radius 3 is 1.10 bits per heavy atom. The summed E-state index contributed by atoms with van der Waals surface area (Å²) in [6, 6.07) is 0. The van der Waals surface area contributed by atoms with Crippen molar-refractivity contribution in [2.24, 2.45) is 0 Å². The minimum Gasteiger partial charge on any atom is -0.466 e. The highest BCUT2D eigenvalue weighted by atomic mass is 16.6. The molecule has 2 N–H and O–H groups in total. The molecule has 0 aromatic heterocycles. The van der Waals surface area contributed by atoms with E-state index in [1.807, 2.05) is 0 Å². The van der Waals surface area contributed by atoms with Gasteiger partial charge in [-0.25, -0.2) is 0 Å². The molecule has 0 rings (SSSR count). The monoisotopic (exact) mass is 560 g/mol. The van der Waals surface area contributed by atoms with E-state index in [4.69, 9.17) is 33.9 Å². The van der Waals surface area contributed by atoms with Crippen molar-refractivity contribution < 1.29 is 53.1 Å². The largest absolute Gasteiger partial charge is 0.466 e. The second-order valence-corrected chi connectivity index (χ2v) is 8.97. The number of carbonyl (C=O) groups excluding carboxylic acids is 4. The minimum atomic E-state index is -0.311. The number of unbranched alkanes of at least 4 members (excludes halogenated alkanes) is 8. The predicted octanol–water partition coefficient (Wildman–Crippen LogP) is 4.49. The normalized spacial score (nSPS) is 10.7. The number of aliphatic hydroxyl groups is 2. The lowest BCUT2D eigenvalue weighted by Crippen LogP contribution is -2.14. The number of ether oxygens (including phenoxy) is 5. The van der Waals surface area contributed by atoms with Gasteiger partial charge in [-0.1, -0.05) is 12.8 Å². The fourth-order valence-electron chi connectivity index (χ4n) is 3.30. The van der Waals surface area contributed by atoms with Crippen LogP contribution in [0.5, 0.6) is 0 Å². The number of rotatable bonds is 28. The molecular formula is C28H48O11. The van der Waals surface area contributed by atoms with E-state index in [1.54, 1.807) is 0 Å². The van der Waals surface area contributed by atoms with Gasteiger partial charge < -0.3 is 33.9 Å². The summed E-state index contributed by atoms with van der Waals surface area (Å²) in [5.41, 5.74) is 0. The summed E-state index contributed by atoms with van der Waals surface area (Å²) in [6.07, 6.45) is 9.48. The van der Waals surface area contributed by atoms with Gasteiger partial charge in [-0.2, -0.15) is 0 Å². The second-order valence-electron chi connectivity index (χ2n) is 8.97. The average Bonchev–Trinajstić information content (AvgIpc) is 2.92. The van der Waals surface area contributed by atoms with Crippen LogP contribution in [0.4, 0.5) is 0 Å². The maximum Gasteiger partial charge on any atom is 0.305 e. The summed E-state index contributed by atoms with van der Waals surface area (Å²) in [5, 5.41) is 17.1. The molecule has 39 heavy (non-hydrogen) atoms. The van der Waals surface area contributed by atoms with Crippen LogP contribution in [0.3, 0.4) is 0 Å². The molecule has 0 saturated carbocycles. The second kappa shape index (κ2) is 28.8. The Morgan fingerprint density at radius 2 is 0.744 bits per heavy atom. The van der Waals surface area contributed by atoms with Gasteiger partial charge in [0, 0.05) is 25.7 Å². The van der Waals surface area contributed by atoms with E-state index in [1.165, 1.54) is 0 Å². The van der Waals surface area contributed by atoms with E-state index in [0.29, 0.717) is 77.4 Å². The van der Waals surface area contributed by atoms with Crippen LogP contribution >= 0.6 is 0 Å². The Balaban J connectivity index is 3.39. The van der Waals surface area contributed by atoms with Crippen LogP contribution in [0.25, 0.3) is 0 Å². The number of aliphatic hydroxyl groups excluding tert-OH is 2. The van der Waals surface area contributed by atoms with Gasteiger partial charge in [0.1, 0.15) is 13.2 Å². The standard InChI is InChI=1S/C28H48O11/c29-17-9-1-5-13-25(31)36-19-11-3-7-15-27(33)38-23-21-35-22-24-39-28(34)16-8-4-12-20-37-26(32)14-6-2-10-18-30/h17-18,29-30H,1-16,19-24H2. The molecule has 0 spiro atoms. The minimum absolute atomic E-state index is 0.129. The maximum atomic E-state index is 11.7. The van der Waals surface area contributed by atoms with Gasteiger partial charge in [-0.15, -0.1) is 0 Å². The number of hydrogen-bond acceptors (Lipinski definition) is 11. The molecule has 0 bridgehead atoms. The number of esters is 4. The summed E-state index contributed by atoms with van der Waals surface area (Å²) in [7, 11) is 0. The molecule has 0 aliphatic carbocycles. The van der Waals surface area contributed by atoms with Crippen LogP contribution in [-0.2, 0) is 42.9 Å². The topological polar surface area (TPSA) is 155 Å². The molecule has 0 unspecified atom stereocenters. The zero-order chi connectivity index (χ0) is 28.8. The first-order valence-electron chi connectivity index (χ1n) is 14.1. The van der Waals surface area contributed by atoms with Crippen LogP contribution in [0.2, 0.25) is 0 Å². The summed E-state index contributed by atoms with van der Waals surface area (Å²) in [5.74, 6) is -1.10. The van der Waals surface area contributed by atoms with Gasteiger partial charge in [0.05, 0.1) is 39.6 Å². The Labute approximate surface area is 232 Å². The van der Waals surface area contributed by atoms with Gasteiger partial charge in [0.15, 0.2) is 0 Å². The van der Waals surface area contributed by atoms with Crippen molar-refractivity contribution in [2.45, 2.75) is 103 Å². The highest BCUT2D eigenvalue weighted by molar-refractivity contribution is 5.70. The molecule has 0 heterocycles. The molecule has 0 fully saturated rings. The van der Waals surface area contributed by atoms with Crippen LogP contribution < -0.4 is 0 Å². The van der Waals surface area contributed by atoms with Crippen molar-refractivity contribution in [1.82, 2.24) is 0 Å². The summed E-state index contributed by atoms with van der Waals surface area (Å²) < 4.78 is 25.7. The molecular weight excluding hydrogens is 512 g/mol. The van der Waals surface area contributed by atoms with Crippen molar-refractivity contribution >= 4 is 23.9 Å². The number of carbonyl (C=O) groups is 4. The van der Waals surface area contributed by atoms with E-state index >= 15 is 0 Å². The Hall–Kier alpha value is -2.24. The van der Waals surface area contributed by atoms with Gasteiger partial charge in [-0.3, -0.25) is 19.2 Å². The van der Waals surface area contributed by atoms with E-state index in [2.05, 4.69) is 0 Å². The molecule has 0 aliphatic heterocycles. The van der Waals surface area contributed by atoms with Crippen molar-refractivity contribution in [2.75, 3.05) is 39.6 Å². The lowest BCUT2D eigenvalue weighted by Gasteiger charge is -2.08. The van der Waals surface area contributed by atoms with Gasteiger partial charge in [0.25, 0.3) is 0 Å². The smallest absolute Gasteiger partial charge is 0.305 e. The van der Waals surface area contributed by atoms with Crippen LogP contribution in [0, 0.1) is 13.2 Å². The van der Waals surface area contributed by atoms with Gasteiger partial charge in [-0.05, 0) is 64.2 Å². The summed E-state index contributed by atoms with van der Waals surface area (Å²) >= 11 is 0. The molecule has 0 aromatic carbocycles. The van der Waals surface area contributed by atoms with Gasteiger partial charge in [0.2, 0.25) is 0 Å². The first-order valence-corrected chi connectivity index (χ1v) is 14.1. The molecule has 2 radical (unpaired) electrons. The van der Waals surface area contributed by atoms with Crippen LogP contribution in [0.15, 0.2) is 0 Å². The SMILES string of the molecule is O=C(CCCC[CH]O)OCCCCCC(=O)OCCOCCOC(=O)CCCCCOC(=O)CCCC[CH]O. The highest BCUT2D eigenvalue weighted by Crippen LogP contribution is 2.06. The zero-order valence-corrected chi connectivity index (χ0v) is 23.3. The third-order valence-electron chi connectivity index (χ3n) is 5.49. The predicted molar refractivity (Wildman–Crippen MR) is 141 cm³/mol. The van der Waals surface area contributed by atoms with E-state index in [9.17, 15) is 19.2 Å². The van der Waals surface area contributed by atoms with E-state index < -0.39 is 0 Å². The fourth-order valence-corrected chi connectivity index (χ4v) is 3.30. The summed E-state index contributed by atoms with van der Waals surface area (Å²) in [4.78, 5) is 46.4. The van der Waals surface area contributed by atoms with Crippen molar-refractivity contribution in [3.05, 3.63) is 13.2 Å². The Kier molecular flexibility index (Phi) is 27.1. The number of hydrogen-bond donors (Lipinski definition) is 2. The molecule has 11 nitrogen and oxygen atoms in total. The summed E-state index contributed by atoms with van der Waals surface area (Å²) in [6.45, 7) is 3.54. The first kappa shape index (κ1) is 36.8. The molecule has 0 amide bonds. The third kappa shape index (κ3) is 28.6. The van der Waals surface area contributed by atoms with E-state index in [-0.39, 0.29) is 63.1 Å². The molecule has 11 heteroatoms. The zero-order valence-electron chi connectivity index (χ0n) is 23.3. The molecule has 0 atom stereocenters. The molecule has 0 saturated heterocycles. The molecule has 226 valence electrons. The lowest BCUT2D eigenvalue weighted by atomic mass is 10.2. The maximum absolute atomic E-state index is 11.7. The quantitative estimate of drug-likeness (QED) is 0.0790. The fraction of sp³-hybridized carbons (Fsp3) is 0.786. The Morgan fingerprint density at radius 1 is 0.410 bits per heavy atom. The van der Waals surface area contributed by atoms with Gasteiger partial charge >= 0.3 is 23.9 Å². The lowest BCUT2D eigenvalue weighted by molar-refractivity contribution is -0.148. The third-order valence-corrected chi connectivity index (χ3v) is 5.49. The van der Waals surface area contributed by atoms with E-state index in [0.717, 1.165) is 38.9 Å². The Bertz CT molecular complexity index is 573. The van der Waals surface area contributed by atoms with Crippen molar-refractivity contribution in [3.63, 3.8) is 0 Å². The van der Waals surface area contributed by atoms with Crippen molar-refractivity contribution in [1.29, 1.82) is 0 Å². The average molecular weight is 561 g/mol. The first-order chi connectivity index (χ1) is 19.0. The highest BCUT2D eigenvalue weighted by Gasteiger charge is 2.06.